The Hall–Kier alpha value is -4.89. The summed E-state index contributed by atoms with van der Waals surface area (Å²) in [5.41, 5.74) is 3.01. The van der Waals surface area contributed by atoms with Crippen molar-refractivity contribution in [1.82, 2.24) is 4.98 Å². The van der Waals surface area contributed by atoms with Gasteiger partial charge in [0.1, 0.15) is 35.7 Å². The Morgan fingerprint density at radius 3 is 2.50 bits per heavy atom. The molecule has 0 saturated heterocycles. The number of benzene rings is 3. The molecule has 0 bridgehead atoms. The standard InChI is InChI=1S/C33H31NO8/c1-18-30(37)28-22(15-34-18)17-42-33(28)26-13-24(19(2)35)31(38)29(32(26)39)25(14-27(36)40-3)21-10-7-11-23(12-21)41-16-20-8-5-4-6-9-20/h4-13,15,25,33,37-39H,14,16-17H2,1-3H3/t25-,33+/m0/s1. The van der Waals surface area contributed by atoms with Crippen LogP contribution >= 0.6 is 0 Å². The minimum atomic E-state index is -0.946. The highest BCUT2D eigenvalue weighted by atomic mass is 16.5. The molecule has 0 saturated carbocycles. The highest BCUT2D eigenvalue weighted by Crippen LogP contribution is 2.50. The number of nitrogens with zero attached hydrogens (tertiary/aromatic N) is 1. The minimum Gasteiger partial charge on any atom is -0.507 e. The van der Waals surface area contributed by atoms with Gasteiger partial charge in [0.25, 0.3) is 0 Å². The summed E-state index contributed by atoms with van der Waals surface area (Å²) in [7, 11) is 1.25. The van der Waals surface area contributed by atoms with Gasteiger partial charge in [-0.25, -0.2) is 0 Å². The quantitative estimate of drug-likeness (QED) is 0.174. The van der Waals surface area contributed by atoms with Crippen molar-refractivity contribution in [2.45, 2.75) is 45.5 Å². The van der Waals surface area contributed by atoms with Crippen molar-refractivity contribution in [2.24, 2.45) is 0 Å². The van der Waals surface area contributed by atoms with Crippen molar-refractivity contribution in [3.05, 3.63) is 111 Å². The number of phenolic OH excluding ortho intramolecular Hbond substituents is 2. The molecule has 9 heteroatoms. The van der Waals surface area contributed by atoms with Crippen molar-refractivity contribution >= 4 is 11.8 Å². The van der Waals surface area contributed by atoms with Gasteiger partial charge in [0, 0.05) is 34.4 Å². The maximum atomic E-state index is 12.7. The van der Waals surface area contributed by atoms with Crippen LogP contribution in [-0.4, -0.2) is 39.2 Å². The summed E-state index contributed by atoms with van der Waals surface area (Å²) < 4.78 is 16.9. The average Bonchev–Trinajstić information content (AvgIpc) is 3.42. The van der Waals surface area contributed by atoms with Crippen LogP contribution in [0.3, 0.4) is 0 Å². The lowest BCUT2D eigenvalue weighted by molar-refractivity contribution is -0.140. The van der Waals surface area contributed by atoms with Gasteiger partial charge in [-0.15, -0.1) is 0 Å². The van der Waals surface area contributed by atoms with E-state index in [2.05, 4.69) is 4.98 Å². The van der Waals surface area contributed by atoms with Crippen molar-refractivity contribution in [3.8, 4) is 23.0 Å². The zero-order valence-electron chi connectivity index (χ0n) is 23.5. The highest BCUT2D eigenvalue weighted by molar-refractivity contribution is 5.98. The van der Waals surface area contributed by atoms with Crippen LogP contribution in [0.2, 0.25) is 0 Å². The molecule has 3 N–H and O–H groups in total. The lowest BCUT2D eigenvalue weighted by atomic mass is 9.83. The number of aryl methyl sites for hydroxylation is 1. The summed E-state index contributed by atoms with van der Waals surface area (Å²) in [5, 5.41) is 33.9. The van der Waals surface area contributed by atoms with Gasteiger partial charge in [0.2, 0.25) is 0 Å². The van der Waals surface area contributed by atoms with Crippen LogP contribution in [0.25, 0.3) is 0 Å². The fourth-order valence-electron chi connectivity index (χ4n) is 5.26. The largest absolute Gasteiger partial charge is 0.507 e. The molecule has 0 aliphatic carbocycles. The predicted molar refractivity (Wildman–Crippen MR) is 153 cm³/mol. The fraction of sp³-hybridized carbons (Fsp3) is 0.242. The normalized spacial score (nSPS) is 14.7. The molecule has 3 aromatic carbocycles. The number of phenols is 2. The van der Waals surface area contributed by atoms with Gasteiger partial charge in [0.05, 0.1) is 31.4 Å². The van der Waals surface area contributed by atoms with E-state index in [1.54, 1.807) is 37.4 Å². The van der Waals surface area contributed by atoms with E-state index in [1.807, 2.05) is 30.3 Å². The minimum absolute atomic E-state index is 0.0365. The van der Waals surface area contributed by atoms with Crippen LogP contribution in [0.4, 0.5) is 0 Å². The molecule has 1 aliphatic rings. The Kier molecular flexibility index (Phi) is 8.13. The van der Waals surface area contributed by atoms with Crippen molar-refractivity contribution in [3.63, 3.8) is 0 Å². The number of rotatable bonds is 9. The van der Waals surface area contributed by atoms with Crippen molar-refractivity contribution in [2.75, 3.05) is 7.11 Å². The van der Waals surface area contributed by atoms with Gasteiger partial charge in [0.15, 0.2) is 5.78 Å². The predicted octanol–water partition coefficient (Wildman–Crippen LogP) is 5.60. The van der Waals surface area contributed by atoms with Crippen LogP contribution in [0.1, 0.15) is 74.8 Å². The third-order valence-electron chi connectivity index (χ3n) is 7.48. The Morgan fingerprint density at radius 2 is 1.79 bits per heavy atom. The van der Waals surface area contributed by atoms with Gasteiger partial charge < -0.3 is 29.5 Å². The summed E-state index contributed by atoms with van der Waals surface area (Å²) in [6, 6.07) is 17.9. The number of aromatic hydroxyl groups is 3. The number of carbonyl (C=O) groups excluding carboxylic acids is 2. The number of methoxy groups -OCH3 is 1. The first-order valence-corrected chi connectivity index (χ1v) is 13.4. The Labute approximate surface area is 243 Å². The van der Waals surface area contributed by atoms with Gasteiger partial charge in [-0.3, -0.25) is 14.6 Å². The van der Waals surface area contributed by atoms with E-state index in [1.165, 1.54) is 20.1 Å². The average molecular weight is 570 g/mol. The Balaban J connectivity index is 1.64. The van der Waals surface area contributed by atoms with E-state index >= 15 is 0 Å². The van der Waals surface area contributed by atoms with Crippen LogP contribution in [0, 0.1) is 6.92 Å². The molecular weight excluding hydrogens is 538 g/mol. The number of fused-ring (bicyclic) bond motifs is 1. The number of ketones is 1. The highest BCUT2D eigenvalue weighted by Gasteiger charge is 2.36. The third kappa shape index (κ3) is 5.51. The monoisotopic (exact) mass is 569 g/mol. The zero-order chi connectivity index (χ0) is 30.0. The molecule has 0 amide bonds. The van der Waals surface area contributed by atoms with Crippen LogP contribution in [0.5, 0.6) is 23.0 Å². The van der Waals surface area contributed by atoms with Gasteiger partial charge in [-0.05, 0) is 43.2 Å². The van der Waals surface area contributed by atoms with Crippen LogP contribution in [-0.2, 0) is 27.5 Å². The molecule has 0 fully saturated rings. The molecule has 1 aliphatic heterocycles. The van der Waals surface area contributed by atoms with Crippen molar-refractivity contribution in [1.29, 1.82) is 0 Å². The number of pyridine rings is 1. The van der Waals surface area contributed by atoms with Gasteiger partial charge in [-0.2, -0.15) is 0 Å². The molecule has 5 rings (SSSR count). The first-order chi connectivity index (χ1) is 20.2. The van der Waals surface area contributed by atoms with Gasteiger partial charge >= 0.3 is 5.97 Å². The smallest absolute Gasteiger partial charge is 0.306 e. The van der Waals surface area contributed by atoms with E-state index in [9.17, 15) is 24.9 Å². The maximum absolute atomic E-state index is 12.7. The number of esters is 1. The fourth-order valence-corrected chi connectivity index (χ4v) is 5.26. The van der Waals surface area contributed by atoms with E-state index in [4.69, 9.17) is 14.2 Å². The van der Waals surface area contributed by atoms with E-state index in [0.717, 1.165) is 5.56 Å². The topological polar surface area (TPSA) is 135 Å². The first kappa shape index (κ1) is 28.6. The second kappa shape index (κ2) is 11.9. The maximum Gasteiger partial charge on any atom is 0.306 e. The van der Waals surface area contributed by atoms with Crippen molar-refractivity contribution < 1.29 is 39.1 Å². The lowest BCUT2D eigenvalue weighted by Crippen LogP contribution is -2.14. The number of hydrogen-bond acceptors (Lipinski definition) is 9. The molecule has 42 heavy (non-hydrogen) atoms. The molecule has 0 spiro atoms. The molecular formula is C33H31NO8. The van der Waals surface area contributed by atoms with E-state index in [0.29, 0.717) is 34.7 Å². The van der Waals surface area contributed by atoms with Crippen LogP contribution in [0.15, 0.2) is 66.9 Å². The van der Waals surface area contributed by atoms with Gasteiger partial charge in [-0.1, -0.05) is 42.5 Å². The number of hydrogen-bond donors (Lipinski definition) is 3. The molecule has 9 nitrogen and oxygen atoms in total. The summed E-state index contributed by atoms with van der Waals surface area (Å²) >= 11 is 0. The molecule has 0 radical (unpaired) electrons. The second-order valence-corrected chi connectivity index (χ2v) is 10.2. The number of carbonyl (C=O) groups is 2. The summed E-state index contributed by atoms with van der Waals surface area (Å²) in [5.74, 6) is -2.37. The number of Topliss-reactive ketones (excluding diaryl/α,β-unsaturated/α-hetero) is 1. The lowest BCUT2D eigenvalue weighted by Gasteiger charge is -2.25. The van der Waals surface area contributed by atoms with E-state index < -0.39 is 29.5 Å². The molecule has 4 aromatic rings. The molecule has 2 heterocycles. The number of ether oxygens (including phenoxy) is 3. The summed E-state index contributed by atoms with van der Waals surface area (Å²) in [6.45, 7) is 3.37. The summed E-state index contributed by atoms with van der Waals surface area (Å²) in [4.78, 5) is 29.5. The second-order valence-electron chi connectivity index (χ2n) is 10.2. The Bertz CT molecular complexity index is 1650. The molecule has 2 atom stereocenters. The number of aromatic nitrogens is 1. The van der Waals surface area contributed by atoms with E-state index in [-0.39, 0.29) is 41.2 Å². The Morgan fingerprint density at radius 1 is 1.02 bits per heavy atom. The zero-order valence-corrected chi connectivity index (χ0v) is 23.5. The summed E-state index contributed by atoms with van der Waals surface area (Å²) in [6.07, 6.45) is 0.394. The van der Waals surface area contributed by atoms with Crippen LogP contribution < -0.4 is 4.74 Å². The first-order valence-electron chi connectivity index (χ1n) is 13.4. The molecule has 216 valence electrons. The molecule has 0 unspecified atom stereocenters. The SMILES string of the molecule is COC(=O)C[C@@H](c1cccc(OCc2ccccc2)c1)c1c(O)c(C(C)=O)cc([C@H]2OCc3cnc(C)c(O)c32)c1O. The third-order valence-corrected chi connectivity index (χ3v) is 7.48. The molecule has 1 aromatic heterocycles.